The van der Waals surface area contributed by atoms with Gasteiger partial charge in [0.1, 0.15) is 0 Å². The molecule has 1 atom stereocenters. The first-order valence-corrected chi connectivity index (χ1v) is 7.06. The minimum Gasteiger partial charge on any atom is -0.494 e. The molecule has 1 unspecified atom stereocenters. The average Bonchev–Trinajstić information content (AvgIpc) is 2.37. The minimum absolute atomic E-state index is 0.216. The molecule has 108 valence electrons. The molecule has 0 saturated heterocycles. The first kappa shape index (κ1) is 16.0. The third kappa shape index (κ3) is 5.60. The van der Waals surface area contributed by atoms with E-state index in [1.54, 1.807) is 6.07 Å². The molecule has 0 aliphatic rings. The molecule has 0 heterocycles. The highest BCUT2D eigenvalue weighted by atomic mass is 19.1. The first-order chi connectivity index (χ1) is 9.04. The Labute approximate surface area is 116 Å². The SMILES string of the molecule is COc1cccc(CC(C)CCNCC(C)C)c1F. The maximum atomic E-state index is 14.0. The quantitative estimate of drug-likeness (QED) is 0.726. The number of halogens is 1. The van der Waals surface area contributed by atoms with Gasteiger partial charge in [-0.05, 0) is 49.4 Å². The number of nitrogens with one attached hydrogen (secondary N) is 1. The van der Waals surface area contributed by atoms with Gasteiger partial charge in [0.2, 0.25) is 0 Å². The Hall–Kier alpha value is -1.09. The van der Waals surface area contributed by atoms with Gasteiger partial charge in [0.15, 0.2) is 11.6 Å². The summed E-state index contributed by atoms with van der Waals surface area (Å²) in [5.74, 6) is 1.25. The lowest BCUT2D eigenvalue weighted by molar-refractivity contribution is 0.381. The molecule has 3 heteroatoms. The average molecular weight is 267 g/mol. The molecule has 0 aromatic heterocycles. The number of benzene rings is 1. The van der Waals surface area contributed by atoms with Gasteiger partial charge in [-0.25, -0.2) is 4.39 Å². The summed E-state index contributed by atoms with van der Waals surface area (Å²) in [5, 5.41) is 3.42. The zero-order valence-electron chi connectivity index (χ0n) is 12.5. The highest BCUT2D eigenvalue weighted by molar-refractivity contribution is 5.31. The van der Waals surface area contributed by atoms with Gasteiger partial charge in [-0.15, -0.1) is 0 Å². The van der Waals surface area contributed by atoms with E-state index < -0.39 is 0 Å². The molecule has 1 aromatic carbocycles. The summed E-state index contributed by atoms with van der Waals surface area (Å²) in [6.07, 6.45) is 1.82. The van der Waals surface area contributed by atoms with Gasteiger partial charge in [0.25, 0.3) is 0 Å². The second-order valence-corrected chi connectivity index (χ2v) is 5.63. The molecular weight excluding hydrogens is 241 g/mol. The number of hydrogen-bond donors (Lipinski definition) is 1. The lowest BCUT2D eigenvalue weighted by Gasteiger charge is -2.14. The molecule has 0 bridgehead atoms. The van der Waals surface area contributed by atoms with Crippen LogP contribution < -0.4 is 10.1 Å². The highest BCUT2D eigenvalue weighted by Crippen LogP contribution is 2.22. The van der Waals surface area contributed by atoms with E-state index in [1.807, 2.05) is 12.1 Å². The lowest BCUT2D eigenvalue weighted by Crippen LogP contribution is -2.22. The van der Waals surface area contributed by atoms with Crippen molar-refractivity contribution in [2.75, 3.05) is 20.2 Å². The minimum atomic E-state index is -0.216. The Morgan fingerprint density at radius 3 is 2.63 bits per heavy atom. The number of methoxy groups -OCH3 is 1. The van der Waals surface area contributed by atoms with E-state index in [2.05, 4.69) is 26.1 Å². The number of rotatable bonds is 8. The van der Waals surface area contributed by atoms with Crippen LogP contribution in [-0.4, -0.2) is 20.2 Å². The van der Waals surface area contributed by atoms with Crippen LogP contribution >= 0.6 is 0 Å². The summed E-state index contributed by atoms with van der Waals surface area (Å²) in [6.45, 7) is 8.59. The van der Waals surface area contributed by atoms with Crippen LogP contribution in [-0.2, 0) is 6.42 Å². The Kier molecular flexibility index (Phi) is 6.85. The maximum Gasteiger partial charge on any atom is 0.168 e. The summed E-state index contributed by atoms with van der Waals surface area (Å²) >= 11 is 0. The second-order valence-electron chi connectivity index (χ2n) is 5.63. The number of ether oxygens (including phenoxy) is 1. The van der Waals surface area contributed by atoms with Gasteiger partial charge >= 0.3 is 0 Å². The van der Waals surface area contributed by atoms with Crippen molar-refractivity contribution in [3.8, 4) is 5.75 Å². The molecule has 0 aliphatic carbocycles. The number of hydrogen-bond acceptors (Lipinski definition) is 2. The van der Waals surface area contributed by atoms with Crippen LogP contribution in [0.4, 0.5) is 4.39 Å². The molecule has 0 saturated carbocycles. The van der Waals surface area contributed by atoms with E-state index in [1.165, 1.54) is 7.11 Å². The van der Waals surface area contributed by atoms with Gasteiger partial charge in [0.05, 0.1) is 7.11 Å². The molecule has 1 N–H and O–H groups in total. The van der Waals surface area contributed by atoms with Crippen molar-refractivity contribution in [1.29, 1.82) is 0 Å². The second kappa shape index (κ2) is 8.16. The molecule has 2 nitrogen and oxygen atoms in total. The van der Waals surface area contributed by atoms with Crippen molar-refractivity contribution < 1.29 is 9.13 Å². The van der Waals surface area contributed by atoms with Crippen LogP contribution in [0, 0.1) is 17.7 Å². The summed E-state index contributed by atoms with van der Waals surface area (Å²) in [6, 6.07) is 5.35. The third-order valence-electron chi connectivity index (χ3n) is 3.20. The molecule has 0 radical (unpaired) electrons. The molecule has 0 spiro atoms. The van der Waals surface area contributed by atoms with Crippen LogP contribution in [0.3, 0.4) is 0 Å². The van der Waals surface area contributed by atoms with E-state index in [0.29, 0.717) is 17.6 Å². The van der Waals surface area contributed by atoms with E-state index in [4.69, 9.17) is 4.74 Å². The molecular formula is C16H26FNO. The fourth-order valence-corrected chi connectivity index (χ4v) is 2.09. The molecule has 0 amide bonds. The molecule has 0 fully saturated rings. The van der Waals surface area contributed by atoms with Crippen LogP contribution in [0.5, 0.6) is 5.75 Å². The van der Waals surface area contributed by atoms with Crippen LogP contribution in [0.2, 0.25) is 0 Å². The van der Waals surface area contributed by atoms with Crippen molar-refractivity contribution in [2.24, 2.45) is 11.8 Å². The Bertz CT molecular complexity index is 379. The molecule has 1 rings (SSSR count). The lowest BCUT2D eigenvalue weighted by atomic mass is 9.97. The maximum absolute atomic E-state index is 14.0. The van der Waals surface area contributed by atoms with Crippen molar-refractivity contribution >= 4 is 0 Å². The van der Waals surface area contributed by atoms with Crippen molar-refractivity contribution in [2.45, 2.75) is 33.6 Å². The summed E-state index contributed by atoms with van der Waals surface area (Å²) < 4.78 is 19.0. The van der Waals surface area contributed by atoms with Gasteiger partial charge in [-0.2, -0.15) is 0 Å². The smallest absolute Gasteiger partial charge is 0.168 e. The zero-order valence-corrected chi connectivity index (χ0v) is 12.5. The van der Waals surface area contributed by atoms with E-state index in [9.17, 15) is 4.39 Å². The fourth-order valence-electron chi connectivity index (χ4n) is 2.09. The third-order valence-corrected chi connectivity index (χ3v) is 3.20. The largest absolute Gasteiger partial charge is 0.494 e. The predicted molar refractivity (Wildman–Crippen MR) is 78.1 cm³/mol. The Morgan fingerprint density at radius 1 is 1.26 bits per heavy atom. The van der Waals surface area contributed by atoms with Crippen molar-refractivity contribution in [3.63, 3.8) is 0 Å². The Balaban J connectivity index is 2.42. The molecule has 1 aromatic rings. The first-order valence-electron chi connectivity index (χ1n) is 7.06. The summed E-state index contributed by atoms with van der Waals surface area (Å²) in [5.41, 5.74) is 0.746. The summed E-state index contributed by atoms with van der Waals surface area (Å²) in [4.78, 5) is 0. The van der Waals surface area contributed by atoms with Gasteiger partial charge in [-0.3, -0.25) is 0 Å². The zero-order chi connectivity index (χ0) is 14.3. The van der Waals surface area contributed by atoms with Gasteiger partial charge in [-0.1, -0.05) is 32.9 Å². The van der Waals surface area contributed by atoms with Crippen LogP contribution in [0.1, 0.15) is 32.8 Å². The van der Waals surface area contributed by atoms with E-state index in [-0.39, 0.29) is 5.82 Å². The monoisotopic (exact) mass is 267 g/mol. The molecule has 0 aliphatic heterocycles. The van der Waals surface area contributed by atoms with Crippen molar-refractivity contribution in [3.05, 3.63) is 29.6 Å². The van der Waals surface area contributed by atoms with Crippen molar-refractivity contribution in [1.82, 2.24) is 5.32 Å². The highest BCUT2D eigenvalue weighted by Gasteiger charge is 2.11. The summed E-state index contributed by atoms with van der Waals surface area (Å²) in [7, 11) is 1.50. The van der Waals surface area contributed by atoms with Gasteiger partial charge < -0.3 is 10.1 Å². The Morgan fingerprint density at radius 2 is 2.00 bits per heavy atom. The van der Waals surface area contributed by atoms with Crippen LogP contribution in [0.15, 0.2) is 18.2 Å². The van der Waals surface area contributed by atoms with E-state index in [0.717, 1.165) is 31.5 Å². The van der Waals surface area contributed by atoms with E-state index >= 15 is 0 Å². The fraction of sp³-hybridized carbons (Fsp3) is 0.625. The topological polar surface area (TPSA) is 21.3 Å². The molecule has 19 heavy (non-hydrogen) atoms. The predicted octanol–water partition coefficient (Wildman–Crippen LogP) is 3.65. The standard InChI is InChI=1S/C16H26FNO/c1-12(2)11-18-9-8-13(3)10-14-6-5-7-15(19-4)16(14)17/h5-7,12-13,18H,8-11H2,1-4H3. The van der Waals surface area contributed by atoms with Crippen LogP contribution in [0.25, 0.3) is 0 Å². The van der Waals surface area contributed by atoms with Gasteiger partial charge in [0, 0.05) is 0 Å². The normalized spacial score (nSPS) is 12.7.